The van der Waals surface area contributed by atoms with Gasteiger partial charge in [-0.1, -0.05) is 0 Å². The fraction of sp³-hybridized carbons (Fsp3) is 0.545. The summed E-state index contributed by atoms with van der Waals surface area (Å²) in [6.07, 6.45) is 3.94. The van der Waals surface area contributed by atoms with E-state index in [1.54, 1.807) is 0 Å². The van der Waals surface area contributed by atoms with Gasteiger partial charge in [0.05, 0.1) is 12.4 Å². The first-order valence-electron chi connectivity index (χ1n) is 6.40. The van der Waals surface area contributed by atoms with Gasteiger partial charge in [-0.25, -0.2) is 23.2 Å². The molecule has 2 heterocycles. The molecule has 2 rings (SSSR count). The average Bonchev–Trinajstić information content (AvgIpc) is 2.46. The largest absolute Gasteiger partial charge is 0.352 e. The first-order valence-corrected chi connectivity index (χ1v) is 8.22. The molecule has 8 nitrogen and oxygen atoms in total. The molecule has 1 atom stereocenters. The first-order chi connectivity index (χ1) is 9.89. The Morgan fingerprint density at radius 2 is 2.14 bits per heavy atom. The lowest BCUT2D eigenvalue weighted by Crippen LogP contribution is -2.44. The number of nitrogens with one attached hydrogen (secondary N) is 1. The van der Waals surface area contributed by atoms with Crippen molar-refractivity contribution in [3.63, 3.8) is 0 Å². The van der Waals surface area contributed by atoms with E-state index in [1.807, 2.05) is 0 Å². The highest BCUT2D eigenvalue weighted by Gasteiger charge is 2.30. The molecule has 1 saturated heterocycles. The zero-order chi connectivity index (χ0) is 15.5. The Hall–Kier alpha value is -1.45. The minimum Gasteiger partial charge on any atom is -0.352 e. The maximum Gasteiger partial charge on any atom is 0.312 e. The zero-order valence-electron chi connectivity index (χ0n) is 11.2. The highest BCUT2D eigenvalue weighted by atomic mass is 35.5. The Labute approximate surface area is 127 Å². The fourth-order valence-electron chi connectivity index (χ4n) is 2.24. The van der Waals surface area contributed by atoms with Gasteiger partial charge in [0, 0.05) is 19.6 Å². The molecule has 0 aromatic carbocycles. The number of amides is 2. The number of hydrogen-bond donors (Lipinski definition) is 2. The number of hydrogen-bond acceptors (Lipinski definition) is 5. The lowest BCUT2D eigenvalue weighted by atomic mass is 10.00. The zero-order valence-corrected chi connectivity index (χ0v) is 12.8. The van der Waals surface area contributed by atoms with Crippen molar-refractivity contribution in [1.29, 1.82) is 0 Å². The number of nitrogens with two attached hydrogens (primary N) is 1. The lowest BCUT2D eigenvalue weighted by Gasteiger charge is -2.31. The van der Waals surface area contributed by atoms with Crippen molar-refractivity contribution in [2.24, 2.45) is 11.7 Å². The number of primary amides is 1. The molecular formula is C11H16ClN5O3S. The molecule has 0 spiro atoms. The molecule has 3 N–H and O–H groups in total. The number of sulfonamides is 1. The quantitative estimate of drug-likeness (QED) is 0.763. The molecule has 1 aliphatic heterocycles. The molecule has 0 radical (unpaired) electrons. The normalized spacial score (nSPS) is 20.1. The molecule has 21 heavy (non-hydrogen) atoms. The van der Waals surface area contributed by atoms with Crippen molar-refractivity contribution in [2.45, 2.75) is 17.7 Å². The van der Waals surface area contributed by atoms with Crippen molar-refractivity contribution < 1.29 is 13.2 Å². The van der Waals surface area contributed by atoms with Gasteiger partial charge in [-0.3, -0.25) is 0 Å². The van der Waals surface area contributed by atoms with Crippen LogP contribution < -0.4 is 11.1 Å². The maximum absolute atomic E-state index is 12.5. The van der Waals surface area contributed by atoms with Gasteiger partial charge in [0.25, 0.3) is 0 Å². The second kappa shape index (κ2) is 6.54. The summed E-state index contributed by atoms with van der Waals surface area (Å²) in [5, 5.41) is 2.51. The lowest BCUT2D eigenvalue weighted by molar-refractivity contribution is 0.236. The van der Waals surface area contributed by atoms with Gasteiger partial charge in [0.1, 0.15) is 4.90 Å². The number of rotatable bonds is 4. The van der Waals surface area contributed by atoms with Crippen LogP contribution >= 0.6 is 11.6 Å². The molecule has 0 aliphatic carbocycles. The SMILES string of the molecule is NC(=O)NCC1CCCN(S(=O)(=O)c2cnc(Cl)nc2)C1. The van der Waals surface area contributed by atoms with E-state index in [0.717, 1.165) is 12.8 Å². The Kier molecular flexibility index (Phi) is 4.96. The van der Waals surface area contributed by atoms with Crippen LogP contribution in [0.4, 0.5) is 4.79 Å². The Morgan fingerprint density at radius 1 is 1.48 bits per heavy atom. The molecule has 1 unspecified atom stereocenters. The van der Waals surface area contributed by atoms with Gasteiger partial charge in [-0.05, 0) is 30.4 Å². The smallest absolute Gasteiger partial charge is 0.312 e. The molecule has 2 amide bonds. The van der Waals surface area contributed by atoms with Crippen LogP contribution in [0.5, 0.6) is 0 Å². The maximum atomic E-state index is 12.5. The average molecular weight is 334 g/mol. The van der Waals surface area contributed by atoms with E-state index >= 15 is 0 Å². The number of carbonyl (C=O) groups excluding carboxylic acids is 1. The highest BCUT2D eigenvalue weighted by Crippen LogP contribution is 2.23. The van der Waals surface area contributed by atoms with Crippen LogP contribution in [0.1, 0.15) is 12.8 Å². The number of piperidine rings is 1. The van der Waals surface area contributed by atoms with E-state index in [1.165, 1.54) is 16.7 Å². The Bertz CT molecular complexity index is 607. The van der Waals surface area contributed by atoms with Crippen LogP contribution in [0.25, 0.3) is 0 Å². The minimum absolute atomic E-state index is 0.00358. The van der Waals surface area contributed by atoms with E-state index in [9.17, 15) is 13.2 Å². The van der Waals surface area contributed by atoms with Gasteiger partial charge in [0.15, 0.2) is 0 Å². The Morgan fingerprint density at radius 3 is 2.76 bits per heavy atom. The molecule has 10 heteroatoms. The van der Waals surface area contributed by atoms with Crippen molar-refractivity contribution in [3.05, 3.63) is 17.7 Å². The summed E-state index contributed by atoms with van der Waals surface area (Å²) in [6, 6.07) is -0.610. The Balaban J connectivity index is 2.09. The minimum atomic E-state index is -3.64. The summed E-state index contributed by atoms with van der Waals surface area (Å²) < 4.78 is 26.3. The molecule has 0 bridgehead atoms. The van der Waals surface area contributed by atoms with Crippen LogP contribution in [0.15, 0.2) is 17.3 Å². The van der Waals surface area contributed by atoms with Crippen molar-refractivity contribution in [3.8, 4) is 0 Å². The summed E-state index contributed by atoms with van der Waals surface area (Å²) in [4.78, 5) is 18.1. The van der Waals surface area contributed by atoms with E-state index in [-0.39, 0.29) is 16.1 Å². The molecule has 1 fully saturated rings. The molecular weight excluding hydrogens is 318 g/mol. The van der Waals surface area contributed by atoms with E-state index in [0.29, 0.717) is 19.6 Å². The number of urea groups is 1. The predicted octanol–water partition coefficient (Wildman–Crippen LogP) is 0.199. The third-order valence-corrected chi connectivity index (χ3v) is 5.29. The van der Waals surface area contributed by atoms with Crippen molar-refractivity contribution in [1.82, 2.24) is 19.6 Å². The molecule has 116 valence electrons. The summed E-state index contributed by atoms with van der Waals surface area (Å²) in [5.41, 5.74) is 5.02. The fourth-order valence-corrected chi connectivity index (χ4v) is 3.78. The molecule has 1 aromatic rings. The summed E-state index contributed by atoms with van der Waals surface area (Å²) in [6.45, 7) is 1.11. The topological polar surface area (TPSA) is 118 Å². The summed E-state index contributed by atoms with van der Waals surface area (Å²) in [7, 11) is -3.64. The van der Waals surface area contributed by atoms with Crippen LogP contribution in [0, 0.1) is 5.92 Å². The standard InChI is InChI=1S/C11H16ClN5O3S/c12-10-14-5-9(6-15-10)21(19,20)17-3-1-2-8(7-17)4-16-11(13)18/h5-6,8H,1-4,7H2,(H3,13,16,18). The number of halogens is 1. The van der Waals surface area contributed by atoms with Gasteiger partial charge < -0.3 is 11.1 Å². The van der Waals surface area contributed by atoms with Crippen LogP contribution in [-0.4, -0.2) is 48.4 Å². The second-order valence-corrected chi connectivity index (χ2v) is 7.08. The predicted molar refractivity (Wildman–Crippen MR) is 76.1 cm³/mol. The third kappa shape index (κ3) is 4.02. The first kappa shape index (κ1) is 15.9. The number of aromatic nitrogens is 2. The van der Waals surface area contributed by atoms with Gasteiger partial charge in [-0.2, -0.15) is 4.31 Å². The third-order valence-electron chi connectivity index (χ3n) is 3.28. The second-order valence-electron chi connectivity index (χ2n) is 4.80. The highest BCUT2D eigenvalue weighted by molar-refractivity contribution is 7.89. The monoisotopic (exact) mass is 333 g/mol. The van der Waals surface area contributed by atoms with E-state index in [2.05, 4.69) is 15.3 Å². The van der Waals surface area contributed by atoms with E-state index < -0.39 is 16.1 Å². The van der Waals surface area contributed by atoms with Gasteiger partial charge >= 0.3 is 6.03 Å². The van der Waals surface area contributed by atoms with Crippen LogP contribution in [0.3, 0.4) is 0 Å². The number of carbonyl (C=O) groups is 1. The molecule has 1 aliphatic rings. The van der Waals surface area contributed by atoms with Gasteiger partial charge in [0.2, 0.25) is 15.3 Å². The molecule has 0 saturated carbocycles. The molecule has 1 aromatic heterocycles. The van der Waals surface area contributed by atoms with Crippen LogP contribution in [0.2, 0.25) is 5.28 Å². The summed E-state index contributed by atoms with van der Waals surface area (Å²) >= 11 is 5.56. The van der Waals surface area contributed by atoms with E-state index in [4.69, 9.17) is 17.3 Å². The van der Waals surface area contributed by atoms with Crippen molar-refractivity contribution in [2.75, 3.05) is 19.6 Å². The summed E-state index contributed by atoms with van der Waals surface area (Å²) in [5.74, 6) is 0.0363. The van der Waals surface area contributed by atoms with Crippen LogP contribution in [-0.2, 0) is 10.0 Å². The van der Waals surface area contributed by atoms with Crippen molar-refractivity contribution >= 4 is 27.7 Å². The van der Waals surface area contributed by atoms with Gasteiger partial charge in [-0.15, -0.1) is 0 Å². The number of nitrogens with zero attached hydrogens (tertiary/aromatic N) is 3.